The van der Waals surface area contributed by atoms with E-state index in [0.29, 0.717) is 17.2 Å². The summed E-state index contributed by atoms with van der Waals surface area (Å²) in [6.45, 7) is -0.194. The number of aromatic nitrogens is 5. The molecule has 4 heterocycles. The standard InChI is InChI=1S/C41H31N7O4S2/c49-40(43-32-7-3-30(4-8-32)38-2-1-23-53-38)26-52-37-17-13-35(14-18-37)46-21-22-47(28-46)48-24-39(54-29-48)31-5-9-33(10-6-31)44-41(50)25-51-36-15-11-34(12-16-36)45-20-19-42-27-45/h1-24,27-29H,25-26H2/p+2. The molecule has 11 nitrogen and oxygen atoms in total. The van der Waals surface area contributed by atoms with E-state index < -0.39 is 0 Å². The summed E-state index contributed by atoms with van der Waals surface area (Å²) in [7, 11) is 0. The number of ether oxygens (including phenoxy) is 2. The molecule has 0 aliphatic carbocycles. The van der Waals surface area contributed by atoms with Crippen LogP contribution in [0, 0.1) is 0 Å². The topological polar surface area (TPSA) is 107 Å². The molecular weight excluding hydrogens is 719 g/mol. The molecule has 0 aliphatic heterocycles. The van der Waals surface area contributed by atoms with E-state index in [2.05, 4.69) is 27.9 Å². The van der Waals surface area contributed by atoms with E-state index in [4.69, 9.17) is 9.47 Å². The van der Waals surface area contributed by atoms with Gasteiger partial charge in [0.1, 0.15) is 28.3 Å². The summed E-state index contributed by atoms with van der Waals surface area (Å²) in [6, 6.07) is 34.6. The quantitative estimate of drug-likeness (QED) is 0.123. The molecule has 266 valence electrons. The lowest BCUT2D eigenvalue weighted by molar-refractivity contribution is -0.734. The molecule has 0 saturated heterocycles. The first-order valence-corrected chi connectivity index (χ1v) is 18.7. The van der Waals surface area contributed by atoms with Crippen LogP contribution in [0.5, 0.6) is 11.5 Å². The van der Waals surface area contributed by atoms with Gasteiger partial charge in [0.05, 0.1) is 6.33 Å². The first-order valence-electron chi connectivity index (χ1n) is 16.9. The number of nitrogens with zero attached hydrogens (tertiary/aromatic N) is 5. The van der Waals surface area contributed by atoms with Gasteiger partial charge < -0.3 is 24.7 Å². The number of thiophene rings is 1. The predicted molar refractivity (Wildman–Crippen MR) is 208 cm³/mol. The third-order valence-corrected chi connectivity index (χ3v) is 10.2. The Morgan fingerprint density at radius 3 is 1.93 bits per heavy atom. The van der Waals surface area contributed by atoms with Crippen molar-refractivity contribution in [1.29, 1.82) is 0 Å². The zero-order valence-electron chi connectivity index (χ0n) is 28.7. The van der Waals surface area contributed by atoms with Gasteiger partial charge >= 0.3 is 6.33 Å². The Morgan fingerprint density at radius 2 is 1.33 bits per heavy atom. The third kappa shape index (κ3) is 8.28. The van der Waals surface area contributed by atoms with Crippen LogP contribution in [0.25, 0.3) is 32.3 Å². The lowest BCUT2D eigenvalue weighted by Crippen LogP contribution is -2.40. The Bertz CT molecular complexity index is 2460. The number of anilines is 2. The van der Waals surface area contributed by atoms with Gasteiger partial charge in [0.25, 0.3) is 17.3 Å². The van der Waals surface area contributed by atoms with E-state index in [1.807, 2.05) is 157 Å². The second kappa shape index (κ2) is 15.8. The molecule has 8 aromatic rings. The number of imidazole rings is 2. The van der Waals surface area contributed by atoms with Gasteiger partial charge in [-0.05, 0) is 95.4 Å². The van der Waals surface area contributed by atoms with E-state index in [9.17, 15) is 9.59 Å². The molecule has 0 bridgehead atoms. The van der Waals surface area contributed by atoms with E-state index in [-0.39, 0.29) is 25.0 Å². The zero-order valence-corrected chi connectivity index (χ0v) is 30.3. The van der Waals surface area contributed by atoms with E-state index in [1.54, 1.807) is 35.2 Å². The summed E-state index contributed by atoms with van der Waals surface area (Å²) in [6.07, 6.45) is 13.3. The van der Waals surface area contributed by atoms with Crippen LogP contribution in [-0.2, 0) is 9.59 Å². The number of nitrogens with one attached hydrogen (secondary N) is 2. The van der Waals surface area contributed by atoms with Crippen LogP contribution in [-0.4, -0.2) is 39.3 Å². The fourth-order valence-corrected chi connectivity index (χ4v) is 7.17. The molecule has 0 saturated carbocycles. The monoisotopic (exact) mass is 751 g/mol. The SMILES string of the molecule is O=C(COc1ccc(-n2ccnc2)cc1)Nc1ccc(-c2c[n+](-n3cc[n+](-c4ccc(OCC(=O)Nc5ccc(-c6cccs6)cc5)cc4)c3)cs2)cc1. The molecular formula is C41H33N7O4S2+2. The highest BCUT2D eigenvalue weighted by Crippen LogP contribution is 2.26. The Morgan fingerprint density at radius 1 is 0.704 bits per heavy atom. The fourth-order valence-electron chi connectivity index (χ4n) is 5.60. The highest BCUT2D eigenvalue weighted by molar-refractivity contribution is 7.13. The van der Waals surface area contributed by atoms with Gasteiger partial charge in [0.2, 0.25) is 12.4 Å². The normalized spacial score (nSPS) is 10.9. The summed E-state index contributed by atoms with van der Waals surface area (Å²) < 4.78 is 19.3. The molecule has 0 spiro atoms. The van der Waals surface area contributed by atoms with Crippen LogP contribution in [0.3, 0.4) is 0 Å². The molecule has 0 radical (unpaired) electrons. The maximum Gasteiger partial charge on any atom is 0.312 e. The highest BCUT2D eigenvalue weighted by atomic mass is 32.1. The molecule has 2 amide bonds. The van der Waals surface area contributed by atoms with Crippen molar-refractivity contribution < 1.29 is 28.3 Å². The van der Waals surface area contributed by atoms with Crippen LogP contribution in [0.1, 0.15) is 0 Å². The number of hydrogen-bond donors (Lipinski definition) is 2. The van der Waals surface area contributed by atoms with Crippen LogP contribution >= 0.6 is 22.7 Å². The second-order valence-corrected chi connectivity index (χ2v) is 13.9. The lowest BCUT2D eigenvalue weighted by atomic mass is 10.2. The number of hydrogen-bond acceptors (Lipinski definition) is 7. The maximum absolute atomic E-state index is 12.5. The van der Waals surface area contributed by atoms with Crippen LogP contribution in [0.4, 0.5) is 11.4 Å². The Hall–Kier alpha value is -6.83. The minimum Gasteiger partial charge on any atom is -0.484 e. The number of thiazole rings is 1. The van der Waals surface area contributed by atoms with Gasteiger partial charge in [-0.1, -0.05) is 41.7 Å². The number of benzene rings is 4. The predicted octanol–water partition coefficient (Wildman–Crippen LogP) is 7.04. The fraction of sp³-hybridized carbons (Fsp3) is 0.0488. The Balaban J connectivity index is 0.806. The summed E-state index contributed by atoms with van der Waals surface area (Å²) in [5.41, 5.74) is 7.48. The first kappa shape index (κ1) is 34.3. The van der Waals surface area contributed by atoms with Gasteiger partial charge in [0, 0.05) is 43.7 Å². The molecule has 54 heavy (non-hydrogen) atoms. The van der Waals surface area contributed by atoms with E-state index >= 15 is 0 Å². The van der Waals surface area contributed by atoms with E-state index in [1.165, 1.54) is 4.88 Å². The van der Waals surface area contributed by atoms with Crippen molar-refractivity contribution in [2.75, 3.05) is 23.8 Å². The van der Waals surface area contributed by atoms with Crippen molar-refractivity contribution in [3.05, 3.63) is 164 Å². The first-order chi connectivity index (χ1) is 26.5. The third-order valence-electron chi connectivity index (χ3n) is 8.37. The Labute approximate surface area is 318 Å². The minimum absolute atomic E-state index is 0.0940. The molecule has 0 unspecified atom stereocenters. The zero-order chi connectivity index (χ0) is 36.7. The Kier molecular flexibility index (Phi) is 10.0. The number of rotatable bonds is 13. The second-order valence-electron chi connectivity index (χ2n) is 12.1. The molecule has 2 N–H and O–H groups in total. The lowest BCUT2D eigenvalue weighted by Gasteiger charge is -2.09. The molecule has 0 fully saturated rings. The number of amides is 2. The summed E-state index contributed by atoms with van der Waals surface area (Å²) in [5.74, 6) is 0.743. The molecule has 0 atom stereocenters. The van der Waals surface area contributed by atoms with Gasteiger partial charge in [-0.15, -0.1) is 11.3 Å². The average molecular weight is 752 g/mol. The van der Waals surface area contributed by atoms with Crippen molar-refractivity contribution in [3.63, 3.8) is 0 Å². The van der Waals surface area contributed by atoms with Crippen molar-refractivity contribution in [2.24, 2.45) is 0 Å². The van der Waals surface area contributed by atoms with Crippen LogP contribution in [0.2, 0.25) is 0 Å². The van der Waals surface area contributed by atoms with Crippen molar-refractivity contribution >= 4 is 45.9 Å². The summed E-state index contributed by atoms with van der Waals surface area (Å²) in [5, 5.41) is 7.82. The highest BCUT2D eigenvalue weighted by Gasteiger charge is 2.18. The molecule has 4 aromatic carbocycles. The van der Waals surface area contributed by atoms with Crippen LogP contribution in [0.15, 0.2) is 164 Å². The number of carbonyl (C=O) groups excluding carboxylic acids is 2. The van der Waals surface area contributed by atoms with Gasteiger partial charge in [-0.2, -0.15) is 4.57 Å². The molecule has 8 rings (SSSR count). The molecule has 0 aliphatic rings. The van der Waals surface area contributed by atoms with Crippen LogP contribution < -0.4 is 29.4 Å². The summed E-state index contributed by atoms with van der Waals surface area (Å²) >= 11 is 3.29. The largest absolute Gasteiger partial charge is 0.484 e. The van der Waals surface area contributed by atoms with Crippen molar-refractivity contribution in [3.8, 4) is 43.8 Å². The van der Waals surface area contributed by atoms with Crippen molar-refractivity contribution in [2.45, 2.75) is 0 Å². The van der Waals surface area contributed by atoms with E-state index in [0.717, 1.165) is 33.1 Å². The van der Waals surface area contributed by atoms with Crippen molar-refractivity contribution in [1.82, 2.24) is 14.2 Å². The average Bonchev–Trinajstić information content (AvgIpc) is 4.06. The molecule has 13 heteroatoms. The van der Waals surface area contributed by atoms with Gasteiger partial charge in [-0.3, -0.25) is 9.59 Å². The molecule has 4 aromatic heterocycles. The summed E-state index contributed by atoms with van der Waals surface area (Å²) in [4.78, 5) is 31.4. The van der Waals surface area contributed by atoms with Gasteiger partial charge in [0.15, 0.2) is 13.2 Å². The maximum atomic E-state index is 12.5. The smallest absolute Gasteiger partial charge is 0.312 e. The van der Waals surface area contributed by atoms with Gasteiger partial charge in [-0.25, -0.2) is 4.98 Å². The number of carbonyl (C=O) groups is 2. The minimum atomic E-state index is -0.242.